The summed E-state index contributed by atoms with van der Waals surface area (Å²) < 4.78 is 5.35. The van der Waals surface area contributed by atoms with Gasteiger partial charge in [-0.1, -0.05) is 0 Å². The molecule has 0 radical (unpaired) electrons. The Morgan fingerprint density at radius 3 is 2.81 bits per heavy atom. The van der Waals surface area contributed by atoms with Crippen LogP contribution in [0.1, 0.15) is 12.8 Å². The summed E-state index contributed by atoms with van der Waals surface area (Å²) in [7, 11) is 0. The molecule has 0 unspecified atom stereocenters. The van der Waals surface area contributed by atoms with E-state index in [1.54, 1.807) is 0 Å². The second-order valence-electron chi connectivity index (χ2n) is 4.06. The van der Waals surface area contributed by atoms with Crippen LogP contribution in [0, 0.1) is 0 Å². The van der Waals surface area contributed by atoms with E-state index in [0.717, 1.165) is 0 Å². The predicted molar refractivity (Wildman–Crippen MR) is 52.2 cm³/mol. The summed E-state index contributed by atoms with van der Waals surface area (Å²) in [4.78, 5) is 12.9. The van der Waals surface area contributed by atoms with Gasteiger partial charge in [-0.25, -0.2) is 4.79 Å². The molecule has 2 rings (SSSR count). The van der Waals surface area contributed by atoms with E-state index in [1.807, 2.05) is 0 Å². The SMILES string of the molecule is O=C1N[C@@H](O)CCN1[C@H]1C[C@H](O)[C@H](CO)O1. The molecule has 0 aliphatic carbocycles. The average Bonchev–Trinajstić information content (AvgIpc) is 2.59. The highest BCUT2D eigenvalue weighted by Gasteiger charge is 2.40. The van der Waals surface area contributed by atoms with Crippen molar-refractivity contribution >= 4 is 6.03 Å². The lowest BCUT2D eigenvalue weighted by Crippen LogP contribution is -2.55. The molecule has 0 spiro atoms. The highest BCUT2D eigenvalue weighted by Crippen LogP contribution is 2.24. The minimum absolute atomic E-state index is 0.268. The Hall–Kier alpha value is -0.890. The Labute approximate surface area is 92.6 Å². The van der Waals surface area contributed by atoms with Crippen molar-refractivity contribution < 1.29 is 24.9 Å². The molecule has 92 valence electrons. The summed E-state index contributed by atoms with van der Waals surface area (Å²) >= 11 is 0. The second-order valence-corrected chi connectivity index (χ2v) is 4.06. The van der Waals surface area contributed by atoms with Crippen LogP contribution in [0.25, 0.3) is 0 Å². The van der Waals surface area contributed by atoms with Crippen molar-refractivity contribution in [1.82, 2.24) is 10.2 Å². The van der Waals surface area contributed by atoms with Gasteiger partial charge in [0, 0.05) is 19.4 Å². The zero-order valence-corrected chi connectivity index (χ0v) is 8.74. The van der Waals surface area contributed by atoms with Gasteiger partial charge >= 0.3 is 6.03 Å². The smallest absolute Gasteiger partial charge is 0.321 e. The molecule has 0 aromatic heterocycles. The lowest BCUT2D eigenvalue weighted by Gasteiger charge is -2.34. The number of nitrogens with zero attached hydrogens (tertiary/aromatic N) is 1. The largest absolute Gasteiger partial charge is 0.394 e. The van der Waals surface area contributed by atoms with Crippen molar-refractivity contribution in [3.05, 3.63) is 0 Å². The van der Waals surface area contributed by atoms with Crippen LogP contribution in [0.5, 0.6) is 0 Å². The number of carbonyl (C=O) groups excluding carboxylic acids is 1. The van der Waals surface area contributed by atoms with Gasteiger partial charge in [0.2, 0.25) is 0 Å². The van der Waals surface area contributed by atoms with Crippen LogP contribution in [0.3, 0.4) is 0 Å². The van der Waals surface area contributed by atoms with Crippen LogP contribution >= 0.6 is 0 Å². The van der Waals surface area contributed by atoms with E-state index in [2.05, 4.69) is 5.32 Å². The fourth-order valence-electron chi connectivity index (χ4n) is 2.01. The molecule has 0 aromatic carbocycles. The van der Waals surface area contributed by atoms with Gasteiger partial charge in [-0.15, -0.1) is 0 Å². The normalized spacial score (nSPS) is 39.9. The molecule has 7 nitrogen and oxygen atoms in total. The van der Waals surface area contributed by atoms with Crippen LogP contribution < -0.4 is 5.32 Å². The number of carbonyl (C=O) groups is 1. The first-order valence-electron chi connectivity index (χ1n) is 5.31. The molecule has 4 atom stereocenters. The molecular formula is C9H16N2O5. The topological polar surface area (TPSA) is 102 Å². The standard InChI is InChI=1S/C9H16N2O5/c12-4-6-5(13)3-8(16-6)11-2-1-7(14)10-9(11)15/h5-8,12-14H,1-4H2,(H,10,15)/t5-,6-,7-,8+/m0/s1. The van der Waals surface area contributed by atoms with Crippen LogP contribution in [0.2, 0.25) is 0 Å². The number of aliphatic hydroxyl groups is 3. The zero-order chi connectivity index (χ0) is 11.7. The maximum Gasteiger partial charge on any atom is 0.321 e. The lowest BCUT2D eigenvalue weighted by atomic mass is 10.2. The summed E-state index contributed by atoms with van der Waals surface area (Å²) in [6.07, 6.45) is -2.03. The van der Waals surface area contributed by atoms with Gasteiger partial charge in [0.15, 0.2) is 0 Å². The quantitative estimate of drug-likeness (QED) is 0.449. The van der Waals surface area contributed by atoms with Gasteiger partial charge in [-0.2, -0.15) is 0 Å². The third-order valence-corrected chi connectivity index (χ3v) is 2.93. The molecule has 16 heavy (non-hydrogen) atoms. The van der Waals surface area contributed by atoms with E-state index in [0.29, 0.717) is 13.0 Å². The number of hydrogen-bond acceptors (Lipinski definition) is 5. The molecule has 7 heteroatoms. The number of aliphatic hydroxyl groups excluding tert-OH is 3. The monoisotopic (exact) mass is 232 g/mol. The number of hydrogen-bond donors (Lipinski definition) is 4. The summed E-state index contributed by atoms with van der Waals surface area (Å²) in [5.74, 6) is 0. The molecular weight excluding hydrogens is 216 g/mol. The van der Waals surface area contributed by atoms with Crippen molar-refractivity contribution in [2.75, 3.05) is 13.2 Å². The van der Waals surface area contributed by atoms with Crippen LogP contribution in [0.15, 0.2) is 0 Å². The van der Waals surface area contributed by atoms with Crippen molar-refractivity contribution in [2.24, 2.45) is 0 Å². The van der Waals surface area contributed by atoms with Crippen molar-refractivity contribution in [2.45, 2.75) is 37.5 Å². The molecule has 0 bridgehead atoms. The first kappa shape index (κ1) is 11.6. The third-order valence-electron chi connectivity index (χ3n) is 2.93. The molecule has 2 fully saturated rings. The Morgan fingerprint density at radius 1 is 1.50 bits per heavy atom. The van der Waals surface area contributed by atoms with Gasteiger partial charge in [0.25, 0.3) is 0 Å². The number of rotatable bonds is 2. The lowest BCUT2D eigenvalue weighted by molar-refractivity contribution is -0.0730. The summed E-state index contributed by atoms with van der Waals surface area (Å²) in [5, 5.41) is 30.0. The van der Waals surface area contributed by atoms with Crippen LogP contribution in [-0.2, 0) is 4.74 Å². The van der Waals surface area contributed by atoms with E-state index in [1.165, 1.54) is 4.90 Å². The fourth-order valence-corrected chi connectivity index (χ4v) is 2.01. The summed E-state index contributed by atoms with van der Waals surface area (Å²) in [6, 6.07) is -0.408. The van der Waals surface area contributed by atoms with Gasteiger partial charge in [0.1, 0.15) is 18.6 Å². The number of ether oxygens (including phenoxy) is 1. The molecule has 2 amide bonds. The first-order valence-corrected chi connectivity index (χ1v) is 5.31. The van der Waals surface area contributed by atoms with Crippen molar-refractivity contribution in [1.29, 1.82) is 0 Å². The van der Waals surface area contributed by atoms with Gasteiger partial charge in [-0.05, 0) is 0 Å². The van der Waals surface area contributed by atoms with E-state index in [9.17, 15) is 15.0 Å². The summed E-state index contributed by atoms with van der Waals surface area (Å²) in [5.41, 5.74) is 0. The molecule has 2 heterocycles. The Morgan fingerprint density at radius 2 is 2.25 bits per heavy atom. The fraction of sp³-hybridized carbons (Fsp3) is 0.889. The average molecular weight is 232 g/mol. The van der Waals surface area contributed by atoms with E-state index >= 15 is 0 Å². The Bertz CT molecular complexity index is 275. The van der Waals surface area contributed by atoms with Gasteiger partial charge < -0.3 is 25.4 Å². The molecule has 0 aromatic rings. The molecule has 0 saturated carbocycles. The Kier molecular flexibility index (Phi) is 3.29. The Balaban J connectivity index is 1.96. The predicted octanol–water partition coefficient (Wildman–Crippen LogP) is -1.81. The maximum absolute atomic E-state index is 11.5. The summed E-state index contributed by atoms with van der Waals surface area (Å²) in [6.45, 7) is 0.109. The molecule has 2 aliphatic heterocycles. The third kappa shape index (κ3) is 2.12. The highest BCUT2D eigenvalue weighted by atomic mass is 16.5. The minimum Gasteiger partial charge on any atom is -0.394 e. The van der Waals surface area contributed by atoms with E-state index in [4.69, 9.17) is 9.84 Å². The van der Waals surface area contributed by atoms with Crippen LogP contribution in [0.4, 0.5) is 4.79 Å². The second kappa shape index (κ2) is 4.54. The zero-order valence-electron chi connectivity index (χ0n) is 8.74. The molecule has 2 saturated heterocycles. The minimum atomic E-state index is -0.816. The van der Waals surface area contributed by atoms with Crippen molar-refractivity contribution in [3.63, 3.8) is 0 Å². The van der Waals surface area contributed by atoms with Crippen molar-refractivity contribution in [3.8, 4) is 0 Å². The molecule has 4 N–H and O–H groups in total. The molecule has 2 aliphatic rings. The van der Waals surface area contributed by atoms with E-state index < -0.39 is 30.7 Å². The number of amides is 2. The first-order chi connectivity index (χ1) is 7.61. The number of urea groups is 1. The van der Waals surface area contributed by atoms with Gasteiger partial charge in [0.05, 0.1) is 12.7 Å². The number of nitrogens with one attached hydrogen (secondary N) is 1. The van der Waals surface area contributed by atoms with Crippen LogP contribution in [-0.4, -0.2) is 64.1 Å². The maximum atomic E-state index is 11.5. The van der Waals surface area contributed by atoms with Gasteiger partial charge in [-0.3, -0.25) is 4.90 Å². The highest BCUT2D eigenvalue weighted by molar-refractivity contribution is 5.75. The van der Waals surface area contributed by atoms with E-state index in [-0.39, 0.29) is 13.0 Å².